The molecular formula is C17H26N6OS. The lowest BCUT2D eigenvalue weighted by atomic mass is 10.00. The van der Waals surface area contributed by atoms with Crippen LogP contribution in [0.4, 0.5) is 0 Å². The maximum Gasteiger partial charge on any atom is 0.273 e. The zero-order valence-electron chi connectivity index (χ0n) is 15.1. The number of aryl methyl sites for hydroxylation is 1. The van der Waals surface area contributed by atoms with Gasteiger partial charge in [0.2, 0.25) is 0 Å². The number of carbonyl (C=O) groups is 1. The van der Waals surface area contributed by atoms with Gasteiger partial charge in [-0.1, -0.05) is 19.1 Å². The number of rotatable bonds is 6. The first-order chi connectivity index (χ1) is 12.0. The van der Waals surface area contributed by atoms with Crippen LogP contribution in [-0.4, -0.2) is 39.0 Å². The van der Waals surface area contributed by atoms with Crippen LogP contribution in [-0.2, 0) is 13.1 Å². The van der Waals surface area contributed by atoms with E-state index in [1.54, 1.807) is 22.2 Å². The molecule has 2 aromatic heterocycles. The minimum absolute atomic E-state index is 0.188. The summed E-state index contributed by atoms with van der Waals surface area (Å²) in [6, 6.07) is 0. The maximum atomic E-state index is 12.3. The first kappa shape index (κ1) is 18.0. The van der Waals surface area contributed by atoms with Crippen LogP contribution in [0.2, 0.25) is 0 Å². The van der Waals surface area contributed by atoms with Crippen molar-refractivity contribution < 1.29 is 4.79 Å². The van der Waals surface area contributed by atoms with Gasteiger partial charge in [-0.05, 0) is 38.8 Å². The molecule has 0 spiro atoms. The Hall–Kier alpha value is -1.80. The molecule has 136 valence electrons. The van der Waals surface area contributed by atoms with Crippen molar-refractivity contribution in [1.82, 2.24) is 30.6 Å². The molecule has 25 heavy (non-hydrogen) atoms. The minimum Gasteiger partial charge on any atom is -0.346 e. The van der Waals surface area contributed by atoms with Crippen molar-refractivity contribution in [2.45, 2.75) is 52.6 Å². The molecule has 1 aliphatic heterocycles. The number of piperidine rings is 1. The number of thiazole rings is 1. The fraction of sp³-hybridized carbons (Fsp3) is 0.647. The minimum atomic E-state index is -0.188. The molecule has 0 unspecified atom stereocenters. The fourth-order valence-corrected chi connectivity index (χ4v) is 3.96. The smallest absolute Gasteiger partial charge is 0.273 e. The summed E-state index contributed by atoms with van der Waals surface area (Å²) in [7, 11) is 0. The summed E-state index contributed by atoms with van der Waals surface area (Å²) in [6.07, 6.45) is 4.12. The SMILES string of the molecule is Cc1nc(C(C)C)sc1CNC(=O)c1cn(C[C@@H]2CCCNC2)nn1. The number of nitrogens with one attached hydrogen (secondary N) is 2. The predicted molar refractivity (Wildman–Crippen MR) is 97.7 cm³/mol. The van der Waals surface area contributed by atoms with Gasteiger partial charge in [0.05, 0.1) is 23.4 Å². The van der Waals surface area contributed by atoms with E-state index >= 15 is 0 Å². The molecule has 1 amide bonds. The normalized spacial score (nSPS) is 17.8. The highest BCUT2D eigenvalue weighted by molar-refractivity contribution is 7.11. The van der Waals surface area contributed by atoms with E-state index in [4.69, 9.17) is 0 Å². The number of aromatic nitrogens is 4. The molecule has 0 radical (unpaired) electrons. The van der Waals surface area contributed by atoms with Gasteiger partial charge in [0.1, 0.15) is 0 Å². The Bertz CT molecular complexity index is 717. The highest BCUT2D eigenvalue weighted by atomic mass is 32.1. The lowest BCUT2D eigenvalue weighted by Crippen LogP contribution is -2.32. The average molecular weight is 363 g/mol. The molecule has 7 nitrogen and oxygen atoms in total. The first-order valence-electron chi connectivity index (χ1n) is 8.88. The molecule has 2 aromatic rings. The van der Waals surface area contributed by atoms with Crippen molar-refractivity contribution in [3.8, 4) is 0 Å². The van der Waals surface area contributed by atoms with E-state index in [1.807, 2.05) is 6.92 Å². The van der Waals surface area contributed by atoms with E-state index in [1.165, 1.54) is 12.8 Å². The van der Waals surface area contributed by atoms with Crippen LogP contribution in [0.25, 0.3) is 0 Å². The molecule has 3 rings (SSSR count). The second kappa shape index (κ2) is 8.05. The Labute approximate surface area is 152 Å². The zero-order chi connectivity index (χ0) is 17.8. The highest BCUT2D eigenvalue weighted by Crippen LogP contribution is 2.24. The van der Waals surface area contributed by atoms with Gasteiger partial charge in [0, 0.05) is 17.3 Å². The summed E-state index contributed by atoms with van der Waals surface area (Å²) in [5, 5.41) is 15.5. The van der Waals surface area contributed by atoms with Crippen molar-refractivity contribution in [2.24, 2.45) is 5.92 Å². The average Bonchev–Trinajstić information content (AvgIpc) is 3.20. The van der Waals surface area contributed by atoms with E-state index in [0.29, 0.717) is 24.1 Å². The fourth-order valence-electron chi connectivity index (χ4n) is 2.95. The summed E-state index contributed by atoms with van der Waals surface area (Å²) in [6.45, 7) is 9.62. The van der Waals surface area contributed by atoms with Gasteiger partial charge in [0.25, 0.3) is 5.91 Å². The van der Waals surface area contributed by atoms with E-state index < -0.39 is 0 Å². The zero-order valence-corrected chi connectivity index (χ0v) is 15.9. The third-order valence-corrected chi connectivity index (χ3v) is 5.89. The maximum absolute atomic E-state index is 12.3. The largest absolute Gasteiger partial charge is 0.346 e. The summed E-state index contributed by atoms with van der Waals surface area (Å²) in [5.41, 5.74) is 1.36. The highest BCUT2D eigenvalue weighted by Gasteiger charge is 2.17. The molecule has 0 aliphatic carbocycles. The van der Waals surface area contributed by atoms with Crippen LogP contribution >= 0.6 is 11.3 Å². The molecule has 0 aromatic carbocycles. The summed E-state index contributed by atoms with van der Waals surface area (Å²) in [4.78, 5) is 18.0. The van der Waals surface area contributed by atoms with Crippen LogP contribution in [0.5, 0.6) is 0 Å². The molecule has 0 saturated carbocycles. The Balaban J connectivity index is 1.54. The molecule has 3 heterocycles. The van der Waals surface area contributed by atoms with Gasteiger partial charge in [-0.3, -0.25) is 9.48 Å². The topological polar surface area (TPSA) is 84.7 Å². The van der Waals surface area contributed by atoms with Gasteiger partial charge in [-0.15, -0.1) is 16.4 Å². The molecule has 8 heteroatoms. The second-order valence-electron chi connectivity index (χ2n) is 6.94. The summed E-state index contributed by atoms with van der Waals surface area (Å²) < 4.78 is 1.78. The van der Waals surface area contributed by atoms with Gasteiger partial charge in [-0.25, -0.2) is 4.98 Å². The number of hydrogen-bond acceptors (Lipinski definition) is 6. The third kappa shape index (κ3) is 4.64. The van der Waals surface area contributed by atoms with Crippen molar-refractivity contribution in [2.75, 3.05) is 13.1 Å². The summed E-state index contributed by atoms with van der Waals surface area (Å²) >= 11 is 1.66. The van der Waals surface area contributed by atoms with Crippen LogP contribution in [0, 0.1) is 12.8 Å². The Kier molecular flexibility index (Phi) is 5.80. The number of carbonyl (C=O) groups excluding carboxylic acids is 1. The Morgan fingerprint density at radius 1 is 1.52 bits per heavy atom. The van der Waals surface area contributed by atoms with Gasteiger partial charge in [0.15, 0.2) is 5.69 Å². The number of nitrogens with zero attached hydrogens (tertiary/aromatic N) is 4. The van der Waals surface area contributed by atoms with Gasteiger partial charge in [-0.2, -0.15) is 0 Å². The van der Waals surface area contributed by atoms with Crippen molar-refractivity contribution in [1.29, 1.82) is 0 Å². The van der Waals surface area contributed by atoms with Crippen molar-refractivity contribution >= 4 is 17.2 Å². The lowest BCUT2D eigenvalue weighted by molar-refractivity contribution is 0.0946. The predicted octanol–water partition coefficient (Wildman–Crippen LogP) is 2.10. The number of hydrogen-bond donors (Lipinski definition) is 2. The molecule has 1 aliphatic rings. The Morgan fingerprint density at radius 3 is 3.04 bits per heavy atom. The second-order valence-corrected chi connectivity index (χ2v) is 8.05. The van der Waals surface area contributed by atoms with Gasteiger partial charge < -0.3 is 10.6 Å². The van der Waals surface area contributed by atoms with E-state index in [2.05, 4.69) is 39.8 Å². The quantitative estimate of drug-likeness (QED) is 0.822. The van der Waals surface area contributed by atoms with Gasteiger partial charge >= 0.3 is 0 Å². The van der Waals surface area contributed by atoms with Crippen molar-refractivity contribution in [3.63, 3.8) is 0 Å². The van der Waals surface area contributed by atoms with Crippen LogP contribution in [0.3, 0.4) is 0 Å². The first-order valence-corrected chi connectivity index (χ1v) is 9.70. The Morgan fingerprint density at radius 2 is 2.36 bits per heavy atom. The standard InChI is InChI=1S/C17H26N6OS/c1-11(2)17-20-12(3)15(25-17)8-19-16(24)14-10-23(22-21-14)9-13-5-4-6-18-7-13/h10-11,13,18H,4-9H2,1-3H3,(H,19,24)/t13-/m1/s1. The molecule has 1 saturated heterocycles. The molecular weight excluding hydrogens is 336 g/mol. The van der Waals surface area contributed by atoms with Crippen LogP contribution < -0.4 is 10.6 Å². The lowest BCUT2D eigenvalue weighted by Gasteiger charge is -2.22. The van der Waals surface area contributed by atoms with E-state index in [9.17, 15) is 4.79 Å². The van der Waals surface area contributed by atoms with Crippen LogP contribution in [0.1, 0.15) is 58.7 Å². The van der Waals surface area contributed by atoms with E-state index in [-0.39, 0.29) is 5.91 Å². The molecule has 2 N–H and O–H groups in total. The molecule has 1 atom stereocenters. The number of amides is 1. The van der Waals surface area contributed by atoms with Crippen LogP contribution in [0.15, 0.2) is 6.20 Å². The van der Waals surface area contributed by atoms with Crippen molar-refractivity contribution in [3.05, 3.63) is 27.5 Å². The monoisotopic (exact) mass is 362 g/mol. The summed E-state index contributed by atoms with van der Waals surface area (Å²) in [5.74, 6) is 0.773. The molecule has 1 fully saturated rings. The molecule has 0 bridgehead atoms. The third-order valence-electron chi connectivity index (χ3n) is 4.43. The van der Waals surface area contributed by atoms with E-state index in [0.717, 1.165) is 35.2 Å².